The Hall–Kier alpha value is -2.28. The van der Waals surface area contributed by atoms with Crippen LogP contribution >= 0.6 is 11.8 Å². The van der Waals surface area contributed by atoms with E-state index in [1.54, 1.807) is 23.5 Å². The van der Waals surface area contributed by atoms with Crippen LogP contribution in [0.4, 0.5) is 4.39 Å². The molecule has 1 fully saturated rings. The first-order valence-electron chi connectivity index (χ1n) is 9.61. The number of carbonyl (C=O) groups is 2. The highest BCUT2D eigenvalue weighted by molar-refractivity contribution is 7.99. The number of furan rings is 1. The lowest BCUT2D eigenvalue weighted by molar-refractivity contribution is -0.124. The lowest BCUT2D eigenvalue weighted by Gasteiger charge is -2.28. The summed E-state index contributed by atoms with van der Waals surface area (Å²) in [6, 6.07) is 6.64. The molecule has 7 heteroatoms. The maximum absolute atomic E-state index is 13.3. The smallest absolute Gasteiger partial charge is 0.255 e. The number of carbonyl (C=O) groups excluding carboxylic acids is 2. The molecule has 1 N–H and O–H groups in total. The molecule has 150 valence electrons. The van der Waals surface area contributed by atoms with Crippen LogP contribution in [0.2, 0.25) is 0 Å². The summed E-state index contributed by atoms with van der Waals surface area (Å²) in [5, 5.41) is 2.65. The molecule has 2 atom stereocenters. The van der Waals surface area contributed by atoms with Gasteiger partial charge in [0.15, 0.2) is 0 Å². The van der Waals surface area contributed by atoms with Gasteiger partial charge in [0.2, 0.25) is 5.91 Å². The van der Waals surface area contributed by atoms with E-state index in [1.807, 2.05) is 0 Å². The van der Waals surface area contributed by atoms with Crippen molar-refractivity contribution in [3.63, 3.8) is 0 Å². The second kappa shape index (κ2) is 9.78. The Kier molecular flexibility index (Phi) is 7.14. The molecule has 0 spiro atoms. The van der Waals surface area contributed by atoms with E-state index >= 15 is 0 Å². The highest BCUT2D eigenvalue weighted by Gasteiger charge is 2.42. The molecule has 1 aliphatic rings. The number of nitrogens with zero attached hydrogens (tertiary/aromatic N) is 1. The molecule has 2 unspecified atom stereocenters. The standard InChI is InChI=1S/C21H25FN2O3S/c1-2-3-4-5-11-23-19(25)18-14-28-21(16-10-12-27-13-16)24(18)20(26)15-6-8-17(22)9-7-15/h6-10,12-13,18,21H,2-5,11,14H2,1H3,(H,23,25). The third-order valence-electron chi connectivity index (χ3n) is 4.79. The number of nitrogens with one attached hydrogen (secondary N) is 1. The molecule has 3 rings (SSSR count). The Morgan fingerprint density at radius 2 is 2.00 bits per heavy atom. The van der Waals surface area contributed by atoms with E-state index in [9.17, 15) is 14.0 Å². The van der Waals surface area contributed by atoms with E-state index in [0.29, 0.717) is 17.9 Å². The van der Waals surface area contributed by atoms with Crippen molar-refractivity contribution in [1.82, 2.24) is 10.2 Å². The molecular weight excluding hydrogens is 379 g/mol. The molecule has 2 amide bonds. The van der Waals surface area contributed by atoms with Crippen LogP contribution in [0.15, 0.2) is 47.3 Å². The Labute approximate surface area is 168 Å². The van der Waals surface area contributed by atoms with E-state index in [1.165, 1.54) is 36.0 Å². The van der Waals surface area contributed by atoms with Crippen LogP contribution in [0.25, 0.3) is 0 Å². The summed E-state index contributed by atoms with van der Waals surface area (Å²) in [4.78, 5) is 27.6. The van der Waals surface area contributed by atoms with Gasteiger partial charge in [-0.15, -0.1) is 11.8 Å². The Morgan fingerprint density at radius 1 is 1.21 bits per heavy atom. The zero-order valence-corrected chi connectivity index (χ0v) is 16.7. The van der Waals surface area contributed by atoms with Gasteiger partial charge in [0.25, 0.3) is 5.91 Å². The summed E-state index contributed by atoms with van der Waals surface area (Å²) in [5.74, 6) is -0.336. The second-order valence-electron chi connectivity index (χ2n) is 6.83. The SMILES string of the molecule is CCCCCCNC(=O)C1CSC(c2ccoc2)N1C(=O)c1ccc(F)cc1. The quantitative estimate of drug-likeness (QED) is 0.664. The Bertz CT molecular complexity index is 779. The highest BCUT2D eigenvalue weighted by Crippen LogP contribution is 2.42. The lowest BCUT2D eigenvalue weighted by atomic mass is 10.1. The average Bonchev–Trinajstić information content (AvgIpc) is 3.37. The van der Waals surface area contributed by atoms with Gasteiger partial charge < -0.3 is 14.6 Å². The fraction of sp³-hybridized carbons (Fsp3) is 0.429. The van der Waals surface area contributed by atoms with Crippen LogP contribution < -0.4 is 5.32 Å². The number of benzene rings is 1. The average molecular weight is 405 g/mol. The molecular formula is C21H25FN2O3S. The van der Waals surface area contributed by atoms with Crippen LogP contribution in [0.5, 0.6) is 0 Å². The van der Waals surface area contributed by atoms with Gasteiger partial charge in [-0.25, -0.2) is 4.39 Å². The largest absolute Gasteiger partial charge is 0.472 e. The summed E-state index contributed by atoms with van der Waals surface area (Å²) in [5.41, 5.74) is 1.19. The molecule has 5 nitrogen and oxygen atoms in total. The van der Waals surface area contributed by atoms with Crippen LogP contribution in [0.3, 0.4) is 0 Å². The van der Waals surface area contributed by atoms with Gasteiger partial charge in [-0.2, -0.15) is 0 Å². The third kappa shape index (κ3) is 4.76. The third-order valence-corrected chi connectivity index (χ3v) is 6.11. The molecule has 0 bridgehead atoms. The topological polar surface area (TPSA) is 62.6 Å². The molecule has 1 aromatic heterocycles. The molecule has 28 heavy (non-hydrogen) atoms. The second-order valence-corrected chi connectivity index (χ2v) is 7.94. The van der Waals surface area contributed by atoms with E-state index in [-0.39, 0.29) is 17.2 Å². The predicted octanol–water partition coefficient (Wildman–Crippen LogP) is 4.37. The first-order valence-corrected chi connectivity index (χ1v) is 10.7. The Balaban J connectivity index is 1.75. The van der Waals surface area contributed by atoms with Gasteiger partial charge >= 0.3 is 0 Å². The first-order chi connectivity index (χ1) is 13.6. The number of rotatable bonds is 8. The van der Waals surface area contributed by atoms with E-state index < -0.39 is 11.9 Å². The molecule has 0 aliphatic carbocycles. The lowest BCUT2D eigenvalue weighted by Crippen LogP contribution is -2.48. The number of thioether (sulfide) groups is 1. The summed E-state index contributed by atoms with van der Waals surface area (Å²) < 4.78 is 18.4. The zero-order chi connectivity index (χ0) is 19.9. The molecule has 1 saturated heterocycles. The maximum Gasteiger partial charge on any atom is 0.255 e. The molecule has 1 aromatic carbocycles. The predicted molar refractivity (Wildman–Crippen MR) is 107 cm³/mol. The van der Waals surface area contributed by atoms with Crippen molar-refractivity contribution in [3.8, 4) is 0 Å². The van der Waals surface area contributed by atoms with Crippen molar-refractivity contribution >= 4 is 23.6 Å². The molecule has 2 heterocycles. The summed E-state index contributed by atoms with van der Waals surface area (Å²) >= 11 is 1.53. The fourth-order valence-corrected chi connectivity index (χ4v) is 4.66. The van der Waals surface area contributed by atoms with Gasteiger partial charge in [0.1, 0.15) is 17.2 Å². The van der Waals surface area contributed by atoms with E-state index in [0.717, 1.165) is 31.2 Å². The van der Waals surface area contributed by atoms with Crippen molar-refractivity contribution in [1.29, 1.82) is 0 Å². The Morgan fingerprint density at radius 3 is 2.68 bits per heavy atom. The van der Waals surface area contributed by atoms with Crippen molar-refractivity contribution in [3.05, 3.63) is 59.8 Å². The van der Waals surface area contributed by atoms with Gasteiger partial charge in [-0.3, -0.25) is 9.59 Å². The van der Waals surface area contributed by atoms with Crippen molar-refractivity contribution in [2.75, 3.05) is 12.3 Å². The molecule has 2 aromatic rings. The van der Waals surface area contributed by atoms with Gasteiger partial charge in [-0.1, -0.05) is 26.2 Å². The number of hydrogen-bond donors (Lipinski definition) is 1. The minimum atomic E-state index is -0.575. The highest BCUT2D eigenvalue weighted by atomic mass is 32.2. The van der Waals surface area contributed by atoms with Gasteiger partial charge in [0, 0.05) is 23.4 Å². The van der Waals surface area contributed by atoms with Crippen LogP contribution in [0, 0.1) is 5.82 Å². The van der Waals surface area contributed by atoms with Crippen LogP contribution in [-0.2, 0) is 4.79 Å². The minimum Gasteiger partial charge on any atom is -0.472 e. The van der Waals surface area contributed by atoms with Crippen molar-refractivity contribution in [2.24, 2.45) is 0 Å². The monoisotopic (exact) mass is 404 g/mol. The van der Waals surface area contributed by atoms with E-state index in [2.05, 4.69) is 12.2 Å². The van der Waals surface area contributed by atoms with Crippen molar-refractivity contribution < 1.29 is 18.4 Å². The summed E-state index contributed by atoms with van der Waals surface area (Å²) in [6.45, 7) is 2.75. The number of halogens is 1. The number of hydrogen-bond acceptors (Lipinski definition) is 4. The summed E-state index contributed by atoms with van der Waals surface area (Å²) in [6.07, 6.45) is 7.43. The van der Waals surface area contributed by atoms with Gasteiger partial charge in [0.05, 0.1) is 12.5 Å². The molecule has 0 radical (unpaired) electrons. The normalized spacial score (nSPS) is 19.0. The minimum absolute atomic E-state index is 0.148. The molecule has 0 saturated carbocycles. The first kappa shape index (κ1) is 20.5. The zero-order valence-electron chi connectivity index (χ0n) is 15.9. The van der Waals surface area contributed by atoms with Crippen molar-refractivity contribution in [2.45, 2.75) is 44.0 Å². The van der Waals surface area contributed by atoms with E-state index in [4.69, 9.17) is 4.42 Å². The molecule has 1 aliphatic heterocycles. The fourth-order valence-electron chi connectivity index (χ4n) is 3.25. The maximum atomic E-state index is 13.3. The van der Waals surface area contributed by atoms with Crippen LogP contribution in [-0.4, -0.2) is 35.1 Å². The number of unbranched alkanes of at least 4 members (excludes halogenated alkanes) is 3. The van der Waals surface area contributed by atoms with Gasteiger partial charge in [-0.05, 0) is 36.8 Å². The van der Waals surface area contributed by atoms with Crippen LogP contribution in [0.1, 0.15) is 53.9 Å². The summed E-state index contributed by atoms with van der Waals surface area (Å²) in [7, 11) is 0. The number of amides is 2.